The van der Waals surface area contributed by atoms with Gasteiger partial charge in [-0.15, -0.1) is 0 Å². The first-order valence-electron chi connectivity index (χ1n) is 10.3. The summed E-state index contributed by atoms with van der Waals surface area (Å²) in [7, 11) is 0. The van der Waals surface area contributed by atoms with Gasteiger partial charge in [0.1, 0.15) is 12.2 Å². The molecule has 0 atom stereocenters. The second-order valence-corrected chi connectivity index (χ2v) is 9.22. The van der Waals surface area contributed by atoms with Gasteiger partial charge in [0.2, 0.25) is 0 Å². The molecular weight excluding hydrogens is 470 g/mol. The summed E-state index contributed by atoms with van der Waals surface area (Å²) < 4.78 is 11.9. The van der Waals surface area contributed by atoms with E-state index in [9.17, 15) is 9.59 Å². The number of rotatable bonds is 6. The zero-order valence-electron chi connectivity index (χ0n) is 18.4. The minimum atomic E-state index is -0.629. The Morgan fingerprint density at radius 3 is 2.06 bits per heavy atom. The second kappa shape index (κ2) is 10.5. The molecule has 5 nitrogen and oxygen atoms in total. The molecule has 0 aliphatic rings. The van der Waals surface area contributed by atoms with E-state index in [0.29, 0.717) is 17.8 Å². The standard InChI is InChI=1S/C26H26BrNO4/c1-26(2,3)32-25(30)28(17-19-9-13-22(27)14-10-19)23-15-11-21(12-16-23)24(29)31-18-20-7-5-4-6-8-20/h4-16H,17-18H2,1-3H3. The van der Waals surface area contributed by atoms with Crippen LogP contribution in [0.4, 0.5) is 10.5 Å². The third-order valence-electron chi connectivity index (χ3n) is 4.50. The van der Waals surface area contributed by atoms with Crippen molar-refractivity contribution in [1.82, 2.24) is 0 Å². The van der Waals surface area contributed by atoms with Gasteiger partial charge in [-0.3, -0.25) is 4.90 Å². The summed E-state index contributed by atoms with van der Waals surface area (Å²) in [5.74, 6) is -0.419. The van der Waals surface area contributed by atoms with Crippen LogP contribution in [-0.2, 0) is 22.6 Å². The Labute approximate surface area is 197 Å². The van der Waals surface area contributed by atoms with E-state index in [2.05, 4.69) is 15.9 Å². The maximum Gasteiger partial charge on any atom is 0.415 e. The van der Waals surface area contributed by atoms with Gasteiger partial charge in [-0.25, -0.2) is 9.59 Å². The molecule has 0 unspecified atom stereocenters. The number of esters is 1. The maximum absolute atomic E-state index is 12.9. The Morgan fingerprint density at radius 2 is 1.47 bits per heavy atom. The number of anilines is 1. The molecule has 0 aromatic heterocycles. The molecule has 0 fully saturated rings. The summed E-state index contributed by atoms with van der Waals surface area (Å²) in [6.45, 7) is 6.02. The highest BCUT2D eigenvalue weighted by atomic mass is 79.9. The Morgan fingerprint density at radius 1 is 0.844 bits per heavy atom. The highest BCUT2D eigenvalue weighted by Gasteiger charge is 2.24. The Kier molecular flexibility index (Phi) is 7.70. The van der Waals surface area contributed by atoms with Gasteiger partial charge in [0, 0.05) is 10.2 Å². The number of carbonyl (C=O) groups is 2. The maximum atomic E-state index is 12.9. The van der Waals surface area contributed by atoms with Crippen molar-refractivity contribution < 1.29 is 19.1 Å². The normalized spacial score (nSPS) is 11.0. The lowest BCUT2D eigenvalue weighted by Crippen LogP contribution is -2.36. The molecule has 3 rings (SSSR count). The lowest BCUT2D eigenvalue weighted by atomic mass is 10.1. The molecule has 6 heteroatoms. The van der Waals surface area contributed by atoms with E-state index >= 15 is 0 Å². The number of hydrogen-bond acceptors (Lipinski definition) is 4. The Hall–Kier alpha value is -3.12. The fourth-order valence-electron chi connectivity index (χ4n) is 2.93. The van der Waals surface area contributed by atoms with Crippen molar-refractivity contribution in [3.05, 3.63) is 100 Å². The lowest BCUT2D eigenvalue weighted by Gasteiger charge is -2.27. The predicted molar refractivity (Wildman–Crippen MR) is 129 cm³/mol. The fraction of sp³-hybridized carbons (Fsp3) is 0.231. The number of nitrogens with zero attached hydrogens (tertiary/aromatic N) is 1. The van der Waals surface area contributed by atoms with Crippen molar-refractivity contribution in [2.24, 2.45) is 0 Å². The number of ether oxygens (including phenoxy) is 2. The minimum Gasteiger partial charge on any atom is -0.457 e. The molecule has 0 heterocycles. The van der Waals surface area contributed by atoms with E-state index in [-0.39, 0.29) is 6.61 Å². The molecule has 3 aromatic rings. The molecule has 166 valence electrons. The van der Waals surface area contributed by atoms with Crippen molar-refractivity contribution in [1.29, 1.82) is 0 Å². The van der Waals surface area contributed by atoms with Gasteiger partial charge < -0.3 is 9.47 Å². The highest BCUT2D eigenvalue weighted by molar-refractivity contribution is 9.10. The van der Waals surface area contributed by atoms with Crippen LogP contribution in [0.5, 0.6) is 0 Å². The zero-order valence-corrected chi connectivity index (χ0v) is 20.0. The van der Waals surface area contributed by atoms with E-state index in [4.69, 9.17) is 9.47 Å². The van der Waals surface area contributed by atoms with Crippen molar-refractivity contribution >= 4 is 33.7 Å². The van der Waals surface area contributed by atoms with Crippen molar-refractivity contribution in [2.75, 3.05) is 4.90 Å². The summed E-state index contributed by atoms with van der Waals surface area (Å²) in [4.78, 5) is 26.9. The van der Waals surface area contributed by atoms with Crippen LogP contribution < -0.4 is 4.90 Å². The van der Waals surface area contributed by atoms with Gasteiger partial charge in [-0.05, 0) is 68.3 Å². The molecule has 0 aliphatic carbocycles. The largest absolute Gasteiger partial charge is 0.457 e. The SMILES string of the molecule is CC(C)(C)OC(=O)N(Cc1ccc(Br)cc1)c1ccc(C(=O)OCc2ccccc2)cc1. The van der Waals surface area contributed by atoms with Crippen LogP contribution in [0.15, 0.2) is 83.3 Å². The van der Waals surface area contributed by atoms with Gasteiger partial charge in [-0.2, -0.15) is 0 Å². The highest BCUT2D eigenvalue weighted by Crippen LogP contribution is 2.23. The number of halogens is 1. The summed E-state index contributed by atoms with van der Waals surface area (Å²) >= 11 is 3.43. The molecule has 32 heavy (non-hydrogen) atoms. The van der Waals surface area contributed by atoms with E-state index in [1.54, 1.807) is 29.2 Å². The predicted octanol–water partition coefficient (Wildman–Crippen LogP) is 6.75. The van der Waals surface area contributed by atoms with E-state index in [1.807, 2.05) is 75.4 Å². The quantitative estimate of drug-likeness (QED) is 0.355. The molecule has 0 radical (unpaired) electrons. The summed E-state index contributed by atoms with van der Waals surface area (Å²) in [5, 5.41) is 0. The van der Waals surface area contributed by atoms with Gasteiger partial charge in [0.15, 0.2) is 0 Å². The summed E-state index contributed by atoms with van der Waals surface area (Å²) in [5.41, 5.74) is 2.28. The summed E-state index contributed by atoms with van der Waals surface area (Å²) in [6.07, 6.45) is -0.458. The van der Waals surface area contributed by atoms with Gasteiger partial charge in [0.05, 0.1) is 12.1 Å². The zero-order chi connectivity index (χ0) is 23.1. The average Bonchev–Trinajstić information content (AvgIpc) is 2.76. The topological polar surface area (TPSA) is 55.8 Å². The van der Waals surface area contributed by atoms with E-state index in [0.717, 1.165) is 15.6 Å². The van der Waals surface area contributed by atoms with E-state index < -0.39 is 17.7 Å². The number of carbonyl (C=O) groups excluding carboxylic acids is 2. The van der Waals surface area contributed by atoms with Crippen molar-refractivity contribution in [3.8, 4) is 0 Å². The molecule has 0 bridgehead atoms. The smallest absolute Gasteiger partial charge is 0.415 e. The first-order chi connectivity index (χ1) is 15.2. The Balaban J connectivity index is 1.75. The fourth-order valence-corrected chi connectivity index (χ4v) is 3.20. The van der Waals surface area contributed by atoms with Crippen LogP contribution in [0.25, 0.3) is 0 Å². The first kappa shape index (κ1) is 23.5. The first-order valence-corrected chi connectivity index (χ1v) is 11.1. The van der Waals surface area contributed by atoms with Crippen LogP contribution in [0.2, 0.25) is 0 Å². The minimum absolute atomic E-state index is 0.203. The van der Waals surface area contributed by atoms with Gasteiger partial charge in [0.25, 0.3) is 0 Å². The number of hydrogen-bond donors (Lipinski definition) is 0. The van der Waals surface area contributed by atoms with Crippen molar-refractivity contribution in [2.45, 2.75) is 39.5 Å². The number of amides is 1. The Bertz CT molecular complexity index is 1040. The van der Waals surface area contributed by atoms with Crippen LogP contribution >= 0.6 is 15.9 Å². The van der Waals surface area contributed by atoms with Gasteiger partial charge in [-0.1, -0.05) is 58.4 Å². The third-order valence-corrected chi connectivity index (χ3v) is 5.02. The van der Waals surface area contributed by atoms with Crippen LogP contribution in [0.1, 0.15) is 42.3 Å². The monoisotopic (exact) mass is 495 g/mol. The van der Waals surface area contributed by atoms with E-state index in [1.165, 1.54) is 0 Å². The molecule has 0 saturated heterocycles. The average molecular weight is 496 g/mol. The third kappa shape index (κ3) is 6.95. The molecular formula is C26H26BrNO4. The summed E-state index contributed by atoms with van der Waals surface area (Å²) in [6, 6.07) is 24.0. The van der Waals surface area contributed by atoms with Gasteiger partial charge >= 0.3 is 12.1 Å². The molecule has 3 aromatic carbocycles. The number of benzene rings is 3. The molecule has 0 N–H and O–H groups in total. The van der Waals surface area contributed by atoms with Crippen LogP contribution in [-0.4, -0.2) is 17.7 Å². The van der Waals surface area contributed by atoms with Crippen LogP contribution in [0.3, 0.4) is 0 Å². The molecule has 1 amide bonds. The second-order valence-electron chi connectivity index (χ2n) is 8.30. The molecule has 0 aliphatic heterocycles. The molecule has 0 saturated carbocycles. The van der Waals surface area contributed by atoms with Crippen molar-refractivity contribution in [3.63, 3.8) is 0 Å². The van der Waals surface area contributed by atoms with Crippen LogP contribution in [0, 0.1) is 0 Å². The molecule has 0 spiro atoms. The lowest BCUT2D eigenvalue weighted by molar-refractivity contribution is 0.0472.